The second kappa shape index (κ2) is 6.26. The van der Waals surface area contributed by atoms with E-state index in [1.807, 2.05) is 32.0 Å². The average molecular weight is 253 g/mol. The second-order valence-electron chi connectivity index (χ2n) is 4.74. The average Bonchev–Trinajstić information content (AvgIpc) is 2.40. The lowest BCUT2D eigenvalue weighted by Crippen LogP contribution is -2.15. The molecule has 2 aromatic rings. The molecule has 0 fully saturated rings. The predicted octanol–water partition coefficient (Wildman–Crippen LogP) is 3.35. The Labute approximate surface area is 114 Å². The summed E-state index contributed by atoms with van der Waals surface area (Å²) in [6.07, 6.45) is 5.44. The van der Waals surface area contributed by atoms with E-state index in [9.17, 15) is 0 Å². The molecule has 2 aromatic carbocycles. The van der Waals surface area contributed by atoms with Gasteiger partial charge < -0.3 is 10.1 Å². The number of rotatable bonds is 5. The number of fused-ring (bicyclic) bond motifs is 1. The van der Waals surface area contributed by atoms with E-state index in [-0.39, 0.29) is 6.10 Å². The van der Waals surface area contributed by atoms with Gasteiger partial charge in [0.15, 0.2) is 0 Å². The summed E-state index contributed by atoms with van der Waals surface area (Å²) in [7, 11) is 0. The Hall–Kier alpha value is -1.98. The summed E-state index contributed by atoms with van der Waals surface area (Å²) in [5.74, 6) is 3.52. The van der Waals surface area contributed by atoms with Crippen LogP contribution in [0.5, 0.6) is 5.75 Å². The number of hydrogen-bond donors (Lipinski definition) is 1. The van der Waals surface area contributed by atoms with Gasteiger partial charge in [-0.2, -0.15) is 0 Å². The first-order valence-electron chi connectivity index (χ1n) is 6.54. The molecule has 0 spiro atoms. The van der Waals surface area contributed by atoms with Crippen LogP contribution in [0, 0.1) is 12.3 Å². The van der Waals surface area contributed by atoms with Crippen LogP contribution in [0.3, 0.4) is 0 Å². The van der Waals surface area contributed by atoms with E-state index in [1.54, 1.807) is 0 Å². The highest BCUT2D eigenvalue weighted by molar-refractivity contribution is 5.87. The molecule has 0 saturated heterocycles. The van der Waals surface area contributed by atoms with E-state index in [4.69, 9.17) is 11.2 Å². The molecule has 19 heavy (non-hydrogen) atoms. The third-order valence-corrected chi connectivity index (χ3v) is 2.89. The highest BCUT2D eigenvalue weighted by atomic mass is 16.5. The lowest BCUT2D eigenvalue weighted by molar-refractivity contribution is 0.240. The van der Waals surface area contributed by atoms with Gasteiger partial charge in [-0.25, -0.2) is 0 Å². The van der Waals surface area contributed by atoms with Gasteiger partial charge in [-0.1, -0.05) is 36.3 Å². The Morgan fingerprint density at radius 3 is 2.74 bits per heavy atom. The SMILES string of the molecule is C#CCNCc1c(OC(C)C)ccc2ccccc12. The molecule has 2 rings (SSSR count). The summed E-state index contributed by atoms with van der Waals surface area (Å²) in [6.45, 7) is 5.35. The van der Waals surface area contributed by atoms with E-state index < -0.39 is 0 Å². The molecule has 1 N–H and O–H groups in total. The molecule has 0 aliphatic carbocycles. The molecular formula is C17H19NO. The van der Waals surface area contributed by atoms with Gasteiger partial charge in [0.05, 0.1) is 12.6 Å². The highest BCUT2D eigenvalue weighted by Crippen LogP contribution is 2.28. The van der Waals surface area contributed by atoms with Crippen molar-refractivity contribution in [2.24, 2.45) is 0 Å². The lowest BCUT2D eigenvalue weighted by atomic mass is 10.0. The van der Waals surface area contributed by atoms with Crippen molar-refractivity contribution in [3.63, 3.8) is 0 Å². The predicted molar refractivity (Wildman–Crippen MR) is 80.3 cm³/mol. The maximum Gasteiger partial charge on any atom is 0.124 e. The highest BCUT2D eigenvalue weighted by Gasteiger charge is 2.09. The first kappa shape index (κ1) is 13.5. The normalized spacial score (nSPS) is 10.6. The van der Waals surface area contributed by atoms with E-state index in [0.717, 1.165) is 5.75 Å². The molecule has 0 saturated carbocycles. The Balaban J connectivity index is 2.42. The van der Waals surface area contributed by atoms with E-state index in [0.29, 0.717) is 13.1 Å². The van der Waals surface area contributed by atoms with Crippen molar-refractivity contribution >= 4 is 10.8 Å². The fourth-order valence-electron chi connectivity index (χ4n) is 2.12. The van der Waals surface area contributed by atoms with Gasteiger partial charge in [-0.3, -0.25) is 0 Å². The Kier molecular flexibility index (Phi) is 4.43. The van der Waals surface area contributed by atoms with Crippen LogP contribution < -0.4 is 10.1 Å². The number of nitrogens with one attached hydrogen (secondary N) is 1. The summed E-state index contributed by atoms with van der Waals surface area (Å²) in [5, 5.41) is 5.67. The quantitative estimate of drug-likeness (QED) is 0.651. The first-order chi connectivity index (χ1) is 9.22. The Morgan fingerprint density at radius 2 is 2.00 bits per heavy atom. The van der Waals surface area contributed by atoms with Crippen LogP contribution in [0.25, 0.3) is 10.8 Å². The summed E-state index contributed by atoms with van der Waals surface area (Å²) in [4.78, 5) is 0. The molecule has 2 heteroatoms. The Bertz CT molecular complexity index is 596. The summed E-state index contributed by atoms with van der Waals surface area (Å²) >= 11 is 0. The minimum absolute atomic E-state index is 0.160. The van der Waals surface area contributed by atoms with Crippen LogP contribution in [0.1, 0.15) is 19.4 Å². The fraction of sp³-hybridized carbons (Fsp3) is 0.294. The zero-order valence-corrected chi connectivity index (χ0v) is 11.4. The summed E-state index contributed by atoms with van der Waals surface area (Å²) in [5.41, 5.74) is 1.17. The van der Waals surface area contributed by atoms with Crippen molar-refractivity contribution in [3.05, 3.63) is 42.0 Å². The lowest BCUT2D eigenvalue weighted by Gasteiger charge is -2.16. The summed E-state index contributed by atoms with van der Waals surface area (Å²) < 4.78 is 5.89. The topological polar surface area (TPSA) is 21.3 Å². The zero-order chi connectivity index (χ0) is 13.7. The zero-order valence-electron chi connectivity index (χ0n) is 11.4. The van der Waals surface area contributed by atoms with Crippen LogP contribution in [0.4, 0.5) is 0 Å². The molecule has 0 aliphatic rings. The van der Waals surface area contributed by atoms with Crippen molar-refractivity contribution in [1.82, 2.24) is 5.32 Å². The smallest absolute Gasteiger partial charge is 0.124 e. The minimum Gasteiger partial charge on any atom is -0.491 e. The number of benzene rings is 2. The summed E-state index contributed by atoms with van der Waals surface area (Å²) in [6, 6.07) is 12.5. The van der Waals surface area contributed by atoms with E-state index >= 15 is 0 Å². The van der Waals surface area contributed by atoms with E-state index in [2.05, 4.69) is 29.4 Å². The van der Waals surface area contributed by atoms with Crippen LogP contribution >= 0.6 is 0 Å². The van der Waals surface area contributed by atoms with Crippen molar-refractivity contribution < 1.29 is 4.74 Å². The molecule has 0 bridgehead atoms. The van der Waals surface area contributed by atoms with Gasteiger partial charge in [-0.15, -0.1) is 6.42 Å². The number of ether oxygens (including phenoxy) is 1. The van der Waals surface area contributed by atoms with Gasteiger partial charge in [0.25, 0.3) is 0 Å². The maximum atomic E-state index is 5.89. The first-order valence-corrected chi connectivity index (χ1v) is 6.54. The van der Waals surface area contributed by atoms with Gasteiger partial charge in [0.1, 0.15) is 5.75 Å². The van der Waals surface area contributed by atoms with Crippen LogP contribution in [0.15, 0.2) is 36.4 Å². The number of terminal acetylenes is 1. The molecule has 0 unspecified atom stereocenters. The molecule has 0 radical (unpaired) electrons. The fourth-order valence-corrected chi connectivity index (χ4v) is 2.12. The third kappa shape index (κ3) is 3.27. The van der Waals surface area contributed by atoms with Gasteiger partial charge >= 0.3 is 0 Å². The molecule has 0 amide bonds. The van der Waals surface area contributed by atoms with Crippen LogP contribution in [0.2, 0.25) is 0 Å². The van der Waals surface area contributed by atoms with Crippen molar-refractivity contribution in [2.75, 3.05) is 6.54 Å². The molecule has 0 atom stereocenters. The molecule has 0 aliphatic heterocycles. The Morgan fingerprint density at radius 1 is 1.21 bits per heavy atom. The molecular weight excluding hydrogens is 234 g/mol. The monoisotopic (exact) mass is 253 g/mol. The molecule has 0 aromatic heterocycles. The van der Waals surface area contributed by atoms with E-state index in [1.165, 1.54) is 16.3 Å². The maximum absolute atomic E-state index is 5.89. The largest absolute Gasteiger partial charge is 0.491 e. The standard InChI is InChI=1S/C17H19NO/c1-4-11-18-12-16-15-8-6-5-7-14(15)9-10-17(16)19-13(2)3/h1,5-10,13,18H,11-12H2,2-3H3. The molecule has 0 heterocycles. The van der Waals surface area contributed by atoms with Crippen LogP contribution in [-0.4, -0.2) is 12.6 Å². The molecule has 98 valence electrons. The number of hydrogen-bond acceptors (Lipinski definition) is 2. The van der Waals surface area contributed by atoms with Gasteiger partial charge in [0.2, 0.25) is 0 Å². The minimum atomic E-state index is 0.160. The van der Waals surface area contributed by atoms with Gasteiger partial charge in [-0.05, 0) is 30.7 Å². The van der Waals surface area contributed by atoms with Crippen molar-refractivity contribution in [2.45, 2.75) is 26.5 Å². The van der Waals surface area contributed by atoms with Crippen molar-refractivity contribution in [1.29, 1.82) is 0 Å². The second-order valence-corrected chi connectivity index (χ2v) is 4.74. The third-order valence-electron chi connectivity index (χ3n) is 2.89. The van der Waals surface area contributed by atoms with Crippen molar-refractivity contribution in [3.8, 4) is 18.1 Å². The van der Waals surface area contributed by atoms with Crippen LogP contribution in [-0.2, 0) is 6.54 Å². The van der Waals surface area contributed by atoms with Gasteiger partial charge in [0, 0.05) is 12.1 Å². The molecule has 2 nitrogen and oxygen atoms in total.